The second-order valence-electron chi connectivity index (χ2n) is 3.78. The van der Waals surface area contributed by atoms with E-state index in [1.807, 2.05) is 44.2 Å². The third-order valence-electron chi connectivity index (χ3n) is 2.58. The summed E-state index contributed by atoms with van der Waals surface area (Å²) >= 11 is 0. The van der Waals surface area contributed by atoms with Gasteiger partial charge in [-0.3, -0.25) is 0 Å². The SMILES string of the molecule is C=C/C(C)=C\c1[nH]c(/C=C\C)c(C=C)c1C=C. The molecule has 0 radical (unpaired) electrons. The minimum Gasteiger partial charge on any atom is -0.355 e. The summed E-state index contributed by atoms with van der Waals surface area (Å²) in [6, 6.07) is 0. The van der Waals surface area contributed by atoms with Crippen LogP contribution in [0, 0.1) is 0 Å². The first kappa shape index (κ1) is 13.0. The molecule has 0 saturated heterocycles. The lowest BCUT2D eigenvalue weighted by molar-refractivity contribution is 1.33. The van der Waals surface area contributed by atoms with Crippen LogP contribution < -0.4 is 0 Å². The van der Waals surface area contributed by atoms with Gasteiger partial charge in [0.05, 0.1) is 0 Å². The van der Waals surface area contributed by atoms with Crippen molar-refractivity contribution in [1.29, 1.82) is 0 Å². The van der Waals surface area contributed by atoms with Gasteiger partial charge < -0.3 is 4.98 Å². The molecule has 88 valence electrons. The van der Waals surface area contributed by atoms with Crippen LogP contribution in [0.2, 0.25) is 0 Å². The molecule has 0 aliphatic rings. The second-order valence-corrected chi connectivity index (χ2v) is 3.78. The van der Waals surface area contributed by atoms with E-state index in [-0.39, 0.29) is 0 Å². The zero-order valence-electron chi connectivity index (χ0n) is 10.6. The van der Waals surface area contributed by atoms with Crippen LogP contribution in [0.3, 0.4) is 0 Å². The molecule has 0 fully saturated rings. The molecule has 0 spiro atoms. The van der Waals surface area contributed by atoms with Crippen molar-refractivity contribution in [2.24, 2.45) is 0 Å². The molecule has 0 bridgehead atoms. The largest absolute Gasteiger partial charge is 0.355 e. The summed E-state index contributed by atoms with van der Waals surface area (Å²) in [5.74, 6) is 0. The quantitative estimate of drug-likeness (QED) is 0.684. The van der Waals surface area contributed by atoms with Crippen molar-refractivity contribution in [3.05, 3.63) is 60.0 Å². The summed E-state index contributed by atoms with van der Waals surface area (Å²) in [7, 11) is 0. The van der Waals surface area contributed by atoms with Crippen molar-refractivity contribution in [2.45, 2.75) is 13.8 Å². The Labute approximate surface area is 104 Å². The van der Waals surface area contributed by atoms with E-state index in [2.05, 4.69) is 30.8 Å². The molecule has 0 aliphatic heterocycles. The lowest BCUT2D eigenvalue weighted by Crippen LogP contribution is -1.78. The van der Waals surface area contributed by atoms with Gasteiger partial charge in [0, 0.05) is 22.5 Å². The van der Waals surface area contributed by atoms with E-state index >= 15 is 0 Å². The van der Waals surface area contributed by atoms with Gasteiger partial charge in [-0.15, -0.1) is 0 Å². The number of nitrogens with one attached hydrogen (secondary N) is 1. The van der Waals surface area contributed by atoms with Crippen LogP contribution >= 0.6 is 0 Å². The Morgan fingerprint density at radius 2 is 1.65 bits per heavy atom. The maximum absolute atomic E-state index is 3.86. The van der Waals surface area contributed by atoms with Gasteiger partial charge in [-0.2, -0.15) is 0 Å². The standard InChI is InChI=1S/C16H19N/c1-6-10-15-13(8-3)14(9-4)16(17-15)11-12(5)7-2/h6-11,17H,2-4H2,1,5H3/b10-6-,12-11-. The van der Waals surface area contributed by atoms with Gasteiger partial charge >= 0.3 is 0 Å². The topological polar surface area (TPSA) is 15.8 Å². The van der Waals surface area contributed by atoms with Crippen molar-refractivity contribution >= 4 is 24.3 Å². The van der Waals surface area contributed by atoms with Gasteiger partial charge in [-0.25, -0.2) is 0 Å². The van der Waals surface area contributed by atoms with Crippen molar-refractivity contribution < 1.29 is 0 Å². The van der Waals surface area contributed by atoms with Crippen LogP contribution in [0.4, 0.5) is 0 Å². The van der Waals surface area contributed by atoms with E-state index < -0.39 is 0 Å². The predicted octanol–water partition coefficient (Wildman–Crippen LogP) is 4.92. The Morgan fingerprint density at radius 3 is 2.12 bits per heavy atom. The van der Waals surface area contributed by atoms with Gasteiger partial charge in [0.15, 0.2) is 0 Å². The predicted molar refractivity (Wildman–Crippen MR) is 79.5 cm³/mol. The van der Waals surface area contributed by atoms with E-state index in [1.54, 1.807) is 0 Å². The van der Waals surface area contributed by atoms with Crippen LogP contribution in [0.25, 0.3) is 24.3 Å². The van der Waals surface area contributed by atoms with Gasteiger partial charge in [0.2, 0.25) is 0 Å². The third-order valence-corrected chi connectivity index (χ3v) is 2.58. The summed E-state index contributed by atoms with van der Waals surface area (Å²) in [5, 5.41) is 0. The van der Waals surface area contributed by atoms with Crippen LogP contribution in [-0.2, 0) is 0 Å². The maximum atomic E-state index is 3.86. The molecule has 0 aromatic carbocycles. The van der Waals surface area contributed by atoms with Crippen molar-refractivity contribution in [1.82, 2.24) is 4.98 Å². The van der Waals surface area contributed by atoms with Crippen LogP contribution in [0.5, 0.6) is 0 Å². The number of allylic oxidation sites excluding steroid dienone is 3. The molecule has 1 aromatic rings. The Morgan fingerprint density at radius 1 is 1.06 bits per heavy atom. The molecule has 1 aromatic heterocycles. The first-order chi connectivity index (χ1) is 8.17. The fraction of sp³-hybridized carbons (Fsp3) is 0.125. The minimum absolute atomic E-state index is 1.04. The van der Waals surface area contributed by atoms with Gasteiger partial charge in [0.25, 0.3) is 0 Å². The van der Waals surface area contributed by atoms with Crippen molar-refractivity contribution in [3.63, 3.8) is 0 Å². The summed E-state index contributed by atoms with van der Waals surface area (Å²) in [6.07, 6.45) is 11.6. The molecule has 1 nitrogen and oxygen atoms in total. The first-order valence-electron chi connectivity index (χ1n) is 5.62. The number of hydrogen-bond acceptors (Lipinski definition) is 0. The average molecular weight is 225 g/mol. The molecule has 1 heterocycles. The van der Waals surface area contributed by atoms with Crippen molar-refractivity contribution in [3.8, 4) is 0 Å². The van der Waals surface area contributed by atoms with Gasteiger partial charge in [-0.1, -0.05) is 44.0 Å². The molecule has 0 unspecified atom stereocenters. The molecule has 1 N–H and O–H groups in total. The number of rotatable bonds is 5. The van der Waals surface area contributed by atoms with Crippen LogP contribution in [-0.4, -0.2) is 4.98 Å². The highest BCUT2D eigenvalue weighted by Gasteiger charge is 2.09. The number of aromatic amines is 1. The Bertz CT molecular complexity index is 496. The van der Waals surface area contributed by atoms with Crippen LogP contribution in [0.1, 0.15) is 36.4 Å². The molecule has 1 heteroatoms. The first-order valence-corrected chi connectivity index (χ1v) is 5.62. The fourth-order valence-corrected chi connectivity index (χ4v) is 1.71. The molecule has 0 atom stereocenters. The maximum Gasteiger partial charge on any atom is 0.0467 e. The monoisotopic (exact) mass is 225 g/mol. The van der Waals surface area contributed by atoms with Gasteiger partial charge in [-0.05, 0) is 31.6 Å². The summed E-state index contributed by atoms with van der Waals surface area (Å²) in [4.78, 5) is 3.36. The zero-order chi connectivity index (χ0) is 12.8. The zero-order valence-corrected chi connectivity index (χ0v) is 10.6. The number of H-pyrrole nitrogens is 1. The third kappa shape index (κ3) is 2.76. The van der Waals surface area contributed by atoms with Crippen LogP contribution in [0.15, 0.2) is 37.5 Å². The average Bonchev–Trinajstić information content (AvgIpc) is 2.66. The highest BCUT2D eigenvalue weighted by molar-refractivity contribution is 5.78. The lowest BCUT2D eigenvalue weighted by Gasteiger charge is -1.96. The molecular weight excluding hydrogens is 206 g/mol. The Hall–Kier alpha value is -2.02. The molecular formula is C16H19N. The number of aromatic nitrogens is 1. The Kier molecular flexibility index (Phi) is 4.53. The molecule has 0 saturated carbocycles. The van der Waals surface area contributed by atoms with Gasteiger partial charge in [0.1, 0.15) is 0 Å². The van der Waals surface area contributed by atoms with E-state index in [0.717, 1.165) is 28.1 Å². The smallest absolute Gasteiger partial charge is 0.0467 e. The summed E-state index contributed by atoms with van der Waals surface area (Å²) in [5.41, 5.74) is 5.37. The van der Waals surface area contributed by atoms with E-state index in [4.69, 9.17) is 0 Å². The highest BCUT2D eigenvalue weighted by Crippen LogP contribution is 2.24. The Balaban J connectivity index is 3.46. The molecule has 1 rings (SSSR count). The van der Waals surface area contributed by atoms with E-state index in [9.17, 15) is 0 Å². The highest BCUT2D eigenvalue weighted by atomic mass is 14.7. The molecule has 0 amide bonds. The van der Waals surface area contributed by atoms with E-state index in [1.165, 1.54) is 0 Å². The molecule has 0 aliphatic carbocycles. The lowest BCUT2D eigenvalue weighted by atomic mass is 10.1. The minimum atomic E-state index is 1.04. The fourth-order valence-electron chi connectivity index (χ4n) is 1.71. The normalized spacial score (nSPS) is 11.8. The van der Waals surface area contributed by atoms with Crippen molar-refractivity contribution in [2.75, 3.05) is 0 Å². The summed E-state index contributed by atoms with van der Waals surface area (Å²) < 4.78 is 0. The second kappa shape index (κ2) is 5.90. The van der Waals surface area contributed by atoms with E-state index in [0.29, 0.717) is 0 Å². The molecule has 17 heavy (non-hydrogen) atoms. The summed E-state index contributed by atoms with van der Waals surface area (Å²) in [6.45, 7) is 15.5. The number of hydrogen-bond donors (Lipinski definition) is 1.